The molecular weight excluding hydrogens is 314 g/mol. The zero-order valence-corrected chi connectivity index (χ0v) is 13.6. The van der Waals surface area contributed by atoms with E-state index in [0.717, 1.165) is 6.42 Å². The molecule has 0 radical (unpaired) electrons. The number of anilines is 1. The van der Waals surface area contributed by atoms with Crippen molar-refractivity contribution in [3.63, 3.8) is 0 Å². The van der Waals surface area contributed by atoms with E-state index in [1.807, 2.05) is 6.92 Å². The third-order valence-electron chi connectivity index (χ3n) is 3.48. The SMILES string of the molecule is CCCN1C(=O)COc2ccc(C(=O)CSc3ncc[nH]3)cc21. The number of H-pyrrole nitrogens is 1. The number of Topliss-reactive ketones (excluding diaryl/α,β-unsaturated/α-hetero) is 1. The zero-order chi connectivity index (χ0) is 16.2. The number of ether oxygens (including phenoxy) is 1. The summed E-state index contributed by atoms with van der Waals surface area (Å²) in [6, 6.07) is 5.24. The number of carbonyl (C=O) groups is 2. The van der Waals surface area contributed by atoms with Gasteiger partial charge in [0.1, 0.15) is 5.75 Å². The van der Waals surface area contributed by atoms with Crippen molar-refractivity contribution in [3.8, 4) is 5.75 Å². The number of aromatic nitrogens is 2. The van der Waals surface area contributed by atoms with Gasteiger partial charge in [-0.15, -0.1) is 0 Å². The molecule has 1 aliphatic heterocycles. The molecule has 1 amide bonds. The molecule has 1 N–H and O–H groups in total. The molecule has 1 aromatic heterocycles. The van der Waals surface area contributed by atoms with E-state index in [2.05, 4.69) is 9.97 Å². The average Bonchev–Trinajstić information content (AvgIpc) is 3.08. The first kappa shape index (κ1) is 15.6. The fraction of sp³-hybridized carbons (Fsp3) is 0.312. The Kier molecular flexibility index (Phi) is 4.66. The molecule has 0 spiro atoms. The summed E-state index contributed by atoms with van der Waals surface area (Å²) < 4.78 is 5.44. The van der Waals surface area contributed by atoms with Gasteiger partial charge in [-0.05, 0) is 24.6 Å². The number of ketones is 1. The lowest BCUT2D eigenvalue weighted by Gasteiger charge is -2.29. The number of amides is 1. The maximum absolute atomic E-state index is 12.4. The molecule has 0 aliphatic carbocycles. The molecule has 0 saturated heterocycles. The van der Waals surface area contributed by atoms with Crippen LogP contribution in [0.5, 0.6) is 5.75 Å². The van der Waals surface area contributed by atoms with Gasteiger partial charge in [-0.2, -0.15) is 0 Å². The van der Waals surface area contributed by atoms with Crippen LogP contribution in [0.15, 0.2) is 35.7 Å². The van der Waals surface area contributed by atoms with Crippen molar-refractivity contribution in [1.82, 2.24) is 9.97 Å². The lowest BCUT2D eigenvalue weighted by Crippen LogP contribution is -2.39. The van der Waals surface area contributed by atoms with Gasteiger partial charge in [-0.25, -0.2) is 4.98 Å². The number of nitrogens with one attached hydrogen (secondary N) is 1. The third kappa shape index (κ3) is 3.39. The minimum Gasteiger partial charge on any atom is -0.482 e. The van der Waals surface area contributed by atoms with Crippen LogP contribution in [0.4, 0.5) is 5.69 Å². The van der Waals surface area contributed by atoms with Gasteiger partial charge in [-0.3, -0.25) is 9.59 Å². The average molecular weight is 331 g/mol. The van der Waals surface area contributed by atoms with E-state index >= 15 is 0 Å². The summed E-state index contributed by atoms with van der Waals surface area (Å²) in [4.78, 5) is 33.1. The molecule has 2 heterocycles. The lowest BCUT2D eigenvalue weighted by atomic mass is 10.1. The number of fused-ring (bicyclic) bond motifs is 1. The fourth-order valence-corrected chi connectivity index (χ4v) is 3.11. The maximum atomic E-state index is 12.4. The minimum atomic E-state index is -0.0751. The van der Waals surface area contributed by atoms with Crippen LogP contribution in [-0.4, -0.2) is 40.6 Å². The third-order valence-corrected chi connectivity index (χ3v) is 4.39. The number of hydrogen-bond acceptors (Lipinski definition) is 5. The molecule has 6 nitrogen and oxygen atoms in total. The number of carbonyl (C=O) groups excluding carboxylic acids is 2. The number of imidazole rings is 1. The van der Waals surface area contributed by atoms with Crippen LogP contribution in [0.3, 0.4) is 0 Å². The van der Waals surface area contributed by atoms with Crippen LogP contribution in [0.25, 0.3) is 0 Å². The molecule has 0 atom stereocenters. The van der Waals surface area contributed by atoms with E-state index < -0.39 is 0 Å². The van der Waals surface area contributed by atoms with Gasteiger partial charge in [-0.1, -0.05) is 18.7 Å². The standard InChI is InChI=1S/C16H17N3O3S/c1-2-7-19-12-8-11(3-4-14(12)22-9-15(19)21)13(20)10-23-16-17-5-6-18-16/h3-6,8H,2,7,9-10H2,1H3,(H,17,18). The predicted molar refractivity (Wildman–Crippen MR) is 88.2 cm³/mol. The van der Waals surface area contributed by atoms with E-state index in [4.69, 9.17) is 4.74 Å². The highest BCUT2D eigenvalue weighted by atomic mass is 32.2. The van der Waals surface area contributed by atoms with Crippen molar-refractivity contribution in [2.75, 3.05) is 23.8 Å². The first-order valence-electron chi connectivity index (χ1n) is 7.41. The molecule has 0 bridgehead atoms. The lowest BCUT2D eigenvalue weighted by molar-refractivity contribution is -0.121. The van der Waals surface area contributed by atoms with Gasteiger partial charge in [0.25, 0.3) is 5.91 Å². The van der Waals surface area contributed by atoms with Crippen LogP contribution < -0.4 is 9.64 Å². The summed E-state index contributed by atoms with van der Waals surface area (Å²) in [6.45, 7) is 2.68. The Hall–Kier alpha value is -2.28. The molecule has 23 heavy (non-hydrogen) atoms. The minimum absolute atomic E-state index is 0.0105. The predicted octanol–water partition coefficient (Wildman–Crippen LogP) is 2.52. The van der Waals surface area contributed by atoms with Gasteiger partial charge < -0.3 is 14.6 Å². The maximum Gasteiger partial charge on any atom is 0.265 e. The highest BCUT2D eigenvalue weighted by Gasteiger charge is 2.25. The second kappa shape index (κ2) is 6.87. The van der Waals surface area contributed by atoms with Crippen molar-refractivity contribution in [2.24, 2.45) is 0 Å². The molecule has 1 aromatic carbocycles. The summed E-state index contributed by atoms with van der Waals surface area (Å²) >= 11 is 1.35. The molecule has 1 aliphatic rings. The van der Waals surface area contributed by atoms with Crippen molar-refractivity contribution in [3.05, 3.63) is 36.2 Å². The van der Waals surface area contributed by atoms with Crippen molar-refractivity contribution in [2.45, 2.75) is 18.5 Å². The van der Waals surface area contributed by atoms with Gasteiger partial charge in [0.2, 0.25) is 0 Å². The number of benzene rings is 1. The Balaban J connectivity index is 1.78. The highest BCUT2D eigenvalue weighted by Crippen LogP contribution is 2.33. The molecule has 0 fully saturated rings. The number of thioether (sulfide) groups is 1. The Bertz CT molecular complexity index is 715. The Labute approximate surface area is 138 Å². The van der Waals surface area contributed by atoms with E-state index in [0.29, 0.717) is 28.7 Å². The van der Waals surface area contributed by atoms with Crippen molar-refractivity contribution in [1.29, 1.82) is 0 Å². The number of rotatable bonds is 6. The van der Waals surface area contributed by atoms with Crippen LogP contribution in [0.2, 0.25) is 0 Å². The van der Waals surface area contributed by atoms with Crippen molar-refractivity contribution < 1.29 is 14.3 Å². The van der Waals surface area contributed by atoms with Crippen LogP contribution in [0, 0.1) is 0 Å². The zero-order valence-electron chi connectivity index (χ0n) is 12.7. The van der Waals surface area contributed by atoms with E-state index in [9.17, 15) is 9.59 Å². The molecule has 3 rings (SSSR count). The number of nitrogens with zero attached hydrogens (tertiary/aromatic N) is 2. The number of aromatic amines is 1. The summed E-state index contributed by atoms with van der Waals surface area (Å²) in [6.07, 6.45) is 4.21. The molecule has 0 unspecified atom stereocenters. The molecule has 2 aromatic rings. The normalized spacial score (nSPS) is 13.6. The van der Waals surface area contributed by atoms with Gasteiger partial charge in [0.05, 0.1) is 11.4 Å². The summed E-state index contributed by atoms with van der Waals surface area (Å²) in [5.41, 5.74) is 1.25. The van der Waals surface area contributed by atoms with Gasteiger partial charge >= 0.3 is 0 Å². The largest absolute Gasteiger partial charge is 0.482 e. The molecule has 7 heteroatoms. The monoisotopic (exact) mass is 331 g/mol. The second-order valence-corrected chi connectivity index (χ2v) is 6.09. The van der Waals surface area contributed by atoms with E-state index in [1.54, 1.807) is 35.5 Å². The van der Waals surface area contributed by atoms with Crippen LogP contribution in [0.1, 0.15) is 23.7 Å². The second-order valence-electron chi connectivity index (χ2n) is 5.12. The smallest absolute Gasteiger partial charge is 0.265 e. The fourth-order valence-electron chi connectivity index (χ4n) is 2.39. The molecular formula is C16H17N3O3S. The highest BCUT2D eigenvalue weighted by molar-refractivity contribution is 7.99. The quantitative estimate of drug-likeness (QED) is 0.650. The Morgan fingerprint density at radius 1 is 1.48 bits per heavy atom. The topological polar surface area (TPSA) is 75.3 Å². The Morgan fingerprint density at radius 3 is 3.09 bits per heavy atom. The van der Waals surface area contributed by atoms with E-state index in [-0.39, 0.29) is 24.1 Å². The first-order valence-corrected chi connectivity index (χ1v) is 8.40. The number of hydrogen-bond donors (Lipinski definition) is 1. The summed E-state index contributed by atoms with van der Waals surface area (Å²) in [7, 11) is 0. The Morgan fingerprint density at radius 2 is 2.35 bits per heavy atom. The van der Waals surface area contributed by atoms with Crippen molar-refractivity contribution >= 4 is 29.1 Å². The first-order chi connectivity index (χ1) is 11.2. The van der Waals surface area contributed by atoms with Crippen LogP contribution >= 0.6 is 11.8 Å². The van der Waals surface area contributed by atoms with E-state index in [1.165, 1.54) is 11.8 Å². The van der Waals surface area contributed by atoms with Gasteiger partial charge in [0.15, 0.2) is 17.5 Å². The van der Waals surface area contributed by atoms with Gasteiger partial charge in [0, 0.05) is 24.5 Å². The summed E-state index contributed by atoms with van der Waals surface area (Å²) in [5, 5.41) is 0.711. The van der Waals surface area contributed by atoms with Crippen LogP contribution in [-0.2, 0) is 4.79 Å². The molecule has 120 valence electrons. The summed E-state index contributed by atoms with van der Waals surface area (Å²) in [5.74, 6) is 0.848. The molecule has 0 saturated carbocycles.